The first-order chi connectivity index (χ1) is 12.5. The van der Waals surface area contributed by atoms with Gasteiger partial charge in [0.05, 0.1) is 6.21 Å². The number of fused-ring (bicyclic) bond motifs is 1. The Morgan fingerprint density at radius 1 is 1.27 bits per heavy atom. The van der Waals surface area contributed by atoms with Gasteiger partial charge in [0.25, 0.3) is 5.96 Å². The SMILES string of the molecule is N/C(=N\N=C/c1cn(Cc2ccc(Cl)cc2)c2ccccc12)N[N+](=O)[O-]. The summed E-state index contributed by atoms with van der Waals surface area (Å²) in [6.07, 6.45) is 3.45. The summed E-state index contributed by atoms with van der Waals surface area (Å²) in [5.74, 6) is -0.392. The van der Waals surface area contributed by atoms with Crippen molar-refractivity contribution in [1.82, 2.24) is 9.99 Å². The molecule has 2 aromatic carbocycles. The predicted molar refractivity (Wildman–Crippen MR) is 102 cm³/mol. The molecule has 8 nitrogen and oxygen atoms in total. The van der Waals surface area contributed by atoms with Crippen LogP contribution in [0.15, 0.2) is 64.9 Å². The lowest BCUT2D eigenvalue weighted by Gasteiger charge is -2.05. The number of guanidine groups is 1. The minimum absolute atomic E-state index is 0.392. The van der Waals surface area contributed by atoms with E-state index in [0.717, 1.165) is 22.0 Å². The molecule has 0 aliphatic rings. The van der Waals surface area contributed by atoms with E-state index in [-0.39, 0.29) is 0 Å². The molecule has 0 fully saturated rings. The normalized spacial score (nSPS) is 12.0. The van der Waals surface area contributed by atoms with E-state index in [1.165, 1.54) is 6.21 Å². The maximum absolute atomic E-state index is 10.3. The number of rotatable bonds is 5. The van der Waals surface area contributed by atoms with Crippen molar-refractivity contribution < 1.29 is 5.03 Å². The number of nitrogens with two attached hydrogens (primary N) is 1. The summed E-state index contributed by atoms with van der Waals surface area (Å²) >= 11 is 5.93. The Morgan fingerprint density at radius 3 is 2.73 bits per heavy atom. The summed E-state index contributed by atoms with van der Waals surface area (Å²) in [4.78, 5) is 10.3. The molecule has 0 spiro atoms. The lowest BCUT2D eigenvalue weighted by molar-refractivity contribution is -0.525. The average molecular weight is 371 g/mol. The van der Waals surface area contributed by atoms with Crippen LogP contribution in [0.2, 0.25) is 5.02 Å². The number of hydrogen-bond acceptors (Lipinski definition) is 4. The fourth-order valence-corrected chi connectivity index (χ4v) is 2.69. The highest BCUT2D eigenvalue weighted by Gasteiger charge is 2.07. The van der Waals surface area contributed by atoms with Gasteiger partial charge in [-0.25, -0.2) is 10.1 Å². The smallest absolute Gasteiger partial charge is 0.275 e. The minimum Gasteiger partial charge on any atom is -0.364 e. The molecule has 0 aliphatic heterocycles. The summed E-state index contributed by atoms with van der Waals surface area (Å²) in [7, 11) is 0. The van der Waals surface area contributed by atoms with Gasteiger partial charge >= 0.3 is 0 Å². The number of nitrogens with one attached hydrogen (secondary N) is 1. The van der Waals surface area contributed by atoms with Gasteiger partial charge in [-0.05, 0) is 23.8 Å². The zero-order chi connectivity index (χ0) is 18.5. The topological polar surface area (TPSA) is 111 Å². The second-order valence-corrected chi connectivity index (χ2v) is 5.89. The van der Waals surface area contributed by atoms with Gasteiger partial charge in [0.2, 0.25) is 0 Å². The fourth-order valence-electron chi connectivity index (χ4n) is 2.56. The van der Waals surface area contributed by atoms with Gasteiger partial charge in [0.1, 0.15) is 0 Å². The first kappa shape index (κ1) is 17.4. The second kappa shape index (κ2) is 7.66. The largest absolute Gasteiger partial charge is 0.364 e. The van der Waals surface area contributed by atoms with Gasteiger partial charge in [0.15, 0.2) is 5.03 Å². The number of nitrogens with zero attached hydrogens (tertiary/aromatic N) is 4. The van der Waals surface area contributed by atoms with Crippen molar-refractivity contribution in [1.29, 1.82) is 0 Å². The number of halogens is 1. The number of benzene rings is 2. The molecular formula is C17H15ClN6O2. The molecule has 9 heteroatoms. The molecule has 0 unspecified atom stereocenters. The van der Waals surface area contributed by atoms with E-state index in [1.807, 2.05) is 54.7 Å². The van der Waals surface area contributed by atoms with Crippen molar-refractivity contribution >= 4 is 34.7 Å². The van der Waals surface area contributed by atoms with Crippen molar-refractivity contribution in [2.45, 2.75) is 6.54 Å². The van der Waals surface area contributed by atoms with Gasteiger partial charge in [-0.3, -0.25) is 0 Å². The molecule has 3 aromatic rings. The lowest BCUT2D eigenvalue weighted by Crippen LogP contribution is -2.35. The van der Waals surface area contributed by atoms with Crippen LogP contribution in [0, 0.1) is 10.1 Å². The Bertz CT molecular complexity index is 994. The summed E-state index contributed by atoms with van der Waals surface area (Å²) in [6.45, 7) is 0.666. The Hall–Kier alpha value is -3.39. The van der Waals surface area contributed by atoms with E-state index >= 15 is 0 Å². The third-order valence-corrected chi connectivity index (χ3v) is 3.91. The molecule has 1 aromatic heterocycles. The summed E-state index contributed by atoms with van der Waals surface area (Å²) < 4.78 is 2.09. The number of hydrogen-bond donors (Lipinski definition) is 2. The molecule has 0 atom stereocenters. The molecule has 0 amide bonds. The minimum atomic E-state index is -0.799. The van der Waals surface area contributed by atoms with Crippen LogP contribution >= 0.6 is 11.6 Å². The first-order valence-corrected chi connectivity index (χ1v) is 8.00. The van der Waals surface area contributed by atoms with Crippen molar-refractivity contribution in [2.24, 2.45) is 15.9 Å². The van der Waals surface area contributed by atoms with Gasteiger partial charge in [0, 0.05) is 34.2 Å². The number of para-hydroxylation sites is 1. The van der Waals surface area contributed by atoms with Crippen LogP contribution in [0.4, 0.5) is 0 Å². The van der Waals surface area contributed by atoms with Crippen LogP contribution in [-0.2, 0) is 6.54 Å². The number of aromatic nitrogens is 1. The molecule has 3 rings (SSSR count). The highest BCUT2D eigenvalue weighted by atomic mass is 35.5. The lowest BCUT2D eigenvalue weighted by atomic mass is 10.2. The highest BCUT2D eigenvalue weighted by Crippen LogP contribution is 2.21. The monoisotopic (exact) mass is 370 g/mol. The predicted octanol–water partition coefficient (Wildman–Crippen LogP) is 2.77. The Labute approximate surface area is 153 Å². The van der Waals surface area contributed by atoms with Crippen molar-refractivity contribution in [2.75, 3.05) is 0 Å². The number of nitro groups is 1. The van der Waals surface area contributed by atoms with Crippen LogP contribution in [0.1, 0.15) is 11.1 Å². The Balaban J connectivity index is 1.89. The van der Waals surface area contributed by atoms with E-state index in [0.29, 0.717) is 11.6 Å². The molecule has 0 bridgehead atoms. The summed E-state index contributed by atoms with van der Waals surface area (Å²) in [5, 5.41) is 18.5. The fraction of sp³-hybridized carbons (Fsp3) is 0.0588. The highest BCUT2D eigenvalue weighted by molar-refractivity contribution is 6.30. The molecule has 3 N–H and O–H groups in total. The van der Waals surface area contributed by atoms with Crippen molar-refractivity contribution in [3.8, 4) is 0 Å². The van der Waals surface area contributed by atoms with E-state index in [9.17, 15) is 10.1 Å². The van der Waals surface area contributed by atoms with Crippen LogP contribution in [0.5, 0.6) is 0 Å². The quantitative estimate of drug-likeness (QED) is 0.311. The molecule has 1 heterocycles. The van der Waals surface area contributed by atoms with E-state index < -0.39 is 11.0 Å². The third-order valence-electron chi connectivity index (χ3n) is 3.65. The van der Waals surface area contributed by atoms with E-state index in [4.69, 9.17) is 17.3 Å². The van der Waals surface area contributed by atoms with Gasteiger partial charge < -0.3 is 10.3 Å². The maximum Gasteiger partial charge on any atom is 0.275 e. The summed E-state index contributed by atoms with van der Waals surface area (Å²) in [5.41, 5.74) is 10.0. The summed E-state index contributed by atoms with van der Waals surface area (Å²) in [6, 6.07) is 15.5. The third kappa shape index (κ3) is 4.17. The van der Waals surface area contributed by atoms with Crippen LogP contribution < -0.4 is 11.2 Å². The average Bonchev–Trinajstić information content (AvgIpc) is 2.94. The van der Waals surface area contributed by atoms with Gasteiger partial charge in [-0.1, -0.05) is 47.4 Å². The van der Waals surface area contributed by atoms with E-state index in [2.05, 4.69) is 14.8 Å². The van der Waals surface area contributed by atoms with Crippen LogP contribution in [0.3, 0.4) is 0 Å². The molecule has 0 radical (unpaired) electrons. The molecular weight excluding hydrogens is 356 g/mol. The second-order valence-electron chi connectivity index (χ2n) is 5.45. The molecule has 0 saturated carbocycles. The van der Waals surface area contributed by atoms with Crippen molar-refractivity contribution in [3.05, 3.63) is 81.0 Å². The number of hydrazine groups is 1. The van der Waals surface area contributed by atoms with Gasteiger partial charge in [-0.15, -0.1) is 5.10 Å². The molecule has 132 valence electrons. The van der Waals surface area contributed by atoms with Crippen molar-refractivity contribution in [3.63, 3.8) is 0 Å². The van der Waals surface area contributed by atoms with Crippen LogP contribution in [0.25, 0.3) is 10.9 Å². The molecule has 0 saturated heterocycles. The van der Waals surface area contributed by atoms with Gasteiger partial charge in [-0.2, -0.15) is 5.10 Å². The Morgan fingerprint density at radius 2 is 2.00 bits per heavy atom. The molecule has 0 aliphatic carbocycles. The zero-order valence-electron chi connectivity index (χ0n) is 13.5. The molecule has 26 heavy (non-hydrogen) atoms. The zero-order valence-corrected chi connectivity index (χ0v) is 14.3. The Kier molecular flexibility index (Phi) is 5.14. The van der Waals surface area contributed by atoms with Crippen LogP contribution in [-0.4, -0.2) is 21.8 Å². The standard InChI is InChI=1S/C17H15ClN6O2/c18-14-7-5-12(6-8-14)10-23-11-13(15-3-1-2-4-16(15)23)9-20-21-17(19)22-24(25)26/h1-9,11H,10H2,(H3,19,21,22)/b20-9-. The van der Waals surface area contributed by atoms with E-state index in [1.54, 1.807) is 5.43 Å². The maximum atomic E-state index is 10.3. The first-order valence-electron chi connectivity index (χ1n) is 7.63.